The van der Waals surface area contributed by atoms with Gasteiger partial charge in [0.2, 0.25) is 0 Å². The maximum absolute atomic E-state index is 5.98. The van der Waals surface area contributed by atoms with Crippen LogP contribution in [0.15, 0.2) is 60.7 Å². The fourth-order valence-corrected chi connectivity index (χ4v) is 3.96. The lowest BCUT2D eigenvalue weighted by molar-refractivity contribution is 0.288. The van der Waals surface area contributed by atoms with Crippen molar-refractivity contribution in [1.29, 1.82) is 0 Å². The summed E-state index contributed by atoms with van der Waals surface area (Å²) in [7, 11) is 0. The largest absolute Gasteiger partial charge is 0.473 e. The first kappa shape index (κ1) is 17.0. The molecule has 0 N–H and O–H groups in total. The van der Waals surface area contributed by atoms with Crippen molar-refractivity contribution in [2.75, 3.05) is 23.3 Å². The van der Waals surface area contributed by atoms with Gasteiger partial charge in [0, 0.05) is 35.6 Å². The Bertz CT molecular complexity index is 952. The van der Waals surface area contributed by atoms with Crippen LogP contribution < -0.4 is 19.3 Å². The Hall–Kier alpha value is -3.14. The summed E-state index contributed by atoms with van der Waals surface area (Å²) in [5.41, 5.74) is 7.33. The molecule has 2 heterocycles. The molecule has 0 fully saturated rings. The SMILES string of the molecule is Cc1ccc2c(c1)CN(c1cccc(N3COc4ccc(C)cc4C3)c1)CO2. The zero-order valence-corrected chi connectivity index (χ0v) is 16.3. The van der Waals surface area contributed by atoms with E-state index in [1.54, 1.807) is 0 Å². The first-order valence-electron chi connectivity index (χ1n) is 9.70. The molecule has 0 radical (unpaired) electrons. The third-order valence-corrected chi connectivity index (χ3v) is 5.47. The zero-order valence-electron chi connectivity index (χ0n) is 16.3. The lowest BCUT2D eigenvalue weighted by atomic mass is 10.1. The summed E-state index contributed by atoms with van der Waals surface area (Å²) in [5, 5.41) is 0. The van der Waals surface area contributed by atoms with Crippen LogP contribution in [-0.2, 0) is 13.1 Å². The molecule has 0 bridgehead atoms. The molecule has 0 aromatic heterocycles. The fourth-order valence-electron chi connectivity index (χ4n) is 3.96. The van der Waals surface area contributed by atoms with Crippen molar-refractivity contribution < 1.29 is 9.47 Å². The van der Waals surface area contributed by atoms with Gasteiger partial charge in [-0.2, -0.15) is 0 Å². The number of benzene rings is 3. The molecule has 2 aliphatic rings. The molecular weight excluding hydrogens is 348 g/mol. The molecule has 0 unspecified atom stereocenters. The Morgan fingerprint density at radius 1 is 0.643 bits per heavy atom. The average molecular weight is 372 g/mol. The van der Waals surface area contributed by atoms with E-state index in [9.17, 15) is 0 Å². The summed E-state index contributed by atoms with van der Waals surface area (Å²) >= 11 is 0. The van der Waals surface area contributed by atoms with E-state index < -0.39 is 0 Å². The number of hydrogen-bond acceptors (Lipinski definition) is 4. The minimum atomic E-state index is 0.568. The second kappa shape index (κ2) is 6.79. The predicted molar refractivity (Wildman–Crippen MR) is 112 cm³/mol. The first-order valence-corrected chi connectivity index (χ1v) is 9.70. The van der Waals surface area contributed by atoms with E-state index in [4.69, 9.17) is 9.47 Å². The van der Waals surface area contributed by atoms with Crippen molar-refractivity contribution in [2.24, 2.45) is 0 Å². The number of rotatable bonds is 2. The molecule has 0 saturated carbocycles. The Morgan fingerprint density at radius 2 is 1.14 bits per heavy atom. The van der Waals surface area contributed by atoms with Crippen LogP contribution in [0.1, 0.15) is 22.3 Å². The summed E-state index contributed by atoms with van der Waals surface area (Å²) in [4.78, 5) is 4.54. The number of aryl methyl sites for hydroxylation is 2. The van der Waals surface area contributed by atoms with Crippen molar-refractivity contribution in [1.82, 2.24) is 0 Å². The second-order valence-corrected chi connectivity index (χ2v) is 7.68. The average Bonchev–Trinajstić information content (AvgIpc) is 2.72. The molecule has 3 aromatic carbocycles. The van der Waals surface area contributed by atoms with Gasteiger partial charge in [-0.3, -0.25) is 0 Å². The molecule has 4 heteroatoms. The van der Waals surface area contributed by atoms with E-state index in [0.717, 1.165) is 24.6 Å². The van der Waals surface area contributed by atoms with E-state index in [2.05, 4.69) is 84.3 Å². The summed E-state index contributed by atoms with van der Waals surface area (Å²) in [6.45, 7) is 7.10. The molecule has 0 amide bonds. The third-order valence-electron chi connectivity index (χ3n) is 5.47. The first-order chi connectivity index (χ1) is 13.7. The van der Waals surface area contributed by atoms with Crippen molar-refractivity contribution in [2.45, 2.75) is 26.9 Å². The van der Waals surface area contributed by atoms with Gasteiger partial charge in [0.15, 0.2) is 13.5 Å². The van der Waals surface area contributed by atoms with Gasteiger partial charge in [0.05, 0.1) is 0 Å². The Kier molecular flexibility index (Phi) is 4.12. The van der Waals surface area contributed by atoms with Crippen LogP contribution in [-0.4, -0.2) is 13.5 Å². The van der Waals surface area contributed by atoms with E-state index in [-0.39, 0.29) is 0 Å². The van der Waals surface area contributed by atoms with Gasteiger partial charge in [-0.25, -0.2) is 0 Å². The number of hydrogen-bond donors (Lipinski definition) is 0. The molecule has 0 spiro atoms. The number of nitrogens with zero attached hydrogens (tertiary/aromatic N) is 2. The number of fused-ring (bicyclic) bond motifs is 2. The minimum absolute atomic E-state index is 0.568. The fraction of sp³-hybridized carbons (Fsp3) is 0.250. The van der Waals surface area contributed by atoms with Gasteiger partial charge in [0.25, 0.3) is 0 Å². The highest BCUT2D eigenvalue weighted by molar-refractivity contribution is 5.61. The Balaban J connectivity index is 1.39. The van der Waals surface area contributed by atoms with Crippen molar-refractivity contribution in [3.05, 3.63) is 82.9 Å². The number of anilines is 2. The molecule has 0 atom stereocenters. The summed E-state index contributed by atoms with van der Waals surface area (Å²) in [5.74, 6) is 1.99. The maximum atomic E-state index is 5.98. The van der Waals surface area contributed by atoms with Gasteiger partial charge in [0.1, 0.15) is 11.5 Å². The van der Waals surface area contributed by atoms with Crippen LogP contribution >= 0.6 is 0 Å². The van der Waals surface area contributed by atoms with Crippen LogP contribution in [0.3, 0.4) is 0 Å². The molecule has 4 nitrogen and oxygen atoms in total. The molecule has 0 saturated heterocycles. The third kappa shape index (κ3) is 3.15. The van der Waals surface area contributed by atoms with Gasteiger partial charge >= 0.3 is 0 Å². The minimum Gasteiger partial charge on any atom is -0.473 e. The van der Waals surface area contributed by atoms with Gasteiger partial charge in [-0.15, -0.1) is 0 Å². The maximum Gasteiger partial charge on any atom is 0.161 e. The Labute approximate surface area is 165 Å². The molecule has 5 rings (SSSR count). The molecule has 3 aromatic rings. The number of ether oxygens (including phenoxy) is 2. The van der Waals surface area contributed by atoms with Gasteiger partial charge in [-0.1, -0.05) is 41.5 Å². The highest BCUT2D eigenvalue weighted by Gasteiger charge is 2.21. The van der Waals surface area contributed by atoms with Crippen LogP contribution in [0, 0.1) is 13.8 Å². The van der Waals surface area contributed by atoms with Crippen LogP contribution in [0.4, 0.5) is 11.4 Å². The summed E-state index contributed by atoms with van der Waals surface area (Å²) in [6, 6.07) is 21.4. The summed E-state index contributed by atoms with van der Waals surface area (Å²) < 4.78 is 12.0. The van der Waals surface area contributed by atoms with E-state index in [1.165, 1.54) is 33.6 Å². The lowest BCUT2D eigenvalue weighted by Gasteiger charge is -2.33. The Morgan fingerprint density at radius 3 is 1.64 bits per heavy atom. The smallest absolute Gasteiger partial charge is 0.161 e. The van der Waals surface area contributed by atoms with Crippen molar-refractivity contribution in [3.63, 3.8) is 0 Å². The van der Waals surface area contributed by atoms with Crippen molar-refractivity contribution >= 4 is 11.4 Å². The molecule has 28 heavy (non-hydrogen) atoms. The quantitative estimate of drug-likeness (QED) is 0.631. The second-order valence-electron chi connectivity index (χ2n) is 7.68. The normalized spacial score (nSPS) is 15.4. The standard InChI is InChI=1S/C24H24N2O2/c1-17-6-8-23-19(10-17)13-25(15-27-23)21-4-3-5-22(12-21)26-14-20-11-18(2)7-9-24(20)28-16-26/h3-12H,13-16H2,1-2H3. The van der Waals surface area contributed by atoms with E-state index in [1.807, 2.05) is 0 Å². The lowest BCUT2D eigenvalue weighted by Crippen LogP contribution is -2.33. The molecule has 0 aliphatic carbocycles. The predicted octanol–water partition coefficient (Wildman–Crippen LogP) is 5.02. The highest BCUT2D eigenvalue weighted by Crippen LogP contribution is 2.33. The zero-order chi connectivity index (χ0) is 19.1. The topological polar surface area (TPSA) is 24.9 Å². The molecule has 2 aliphatic heterocycles. The highest BCUT2D eigenvalue weighted by atomic mass is 16.5. The van der Waals surface area contributed by atoms with E-state index >= 15 is 0 Å². The summed E-state index contributed by atoms with van der Waals surface area (Å²) in [6.07, 6.45) is 0. The molecular formula is C24H24N2O2. The molecule has 142 valence electrons. The van der Waals surface area contributed by atoms with Gasteiger partial charge < -0.3 is 19.3 Å². The van der Waals surface area contributed by atoms with Crippen LogP contribution in [0.5, 0.6) is 11.5 Å². The van der Waals surface area contributed by atoms with Crippen molar-refractivity contribution in [3.8, 4) is 11.5 Å². The van der Waals surface area contributed by atoms with E-state index in [0.29, 0.717) is 13.5 Å². The monoisotopic (exact) mass is 372 g/mol. The van der Waals surface area contributed by atoms with Crippen LogP contribution in [0.2, 0.25) is 0 Å². The van der Waals surface area contributed by atoms with Gasteiger partial charge in [-0.05, 0) is 44.2 Å². The van der Waals surface area contributed by atoms with Crippen LogP contribution in [0.25, 0.3) is 0 Å².